The van der Waals surface area contributed by atoms with E-state index in [0.717, 1.165) is 18.5 Å². The lowest BCUT2D eigenvalue weighted by Crippen LogP contribution is -2.28. The normalized spacial score (nSPS) is 25.0. The predicted molar refractivity (Wildman–Crippen MR) is 121 cm³/mol. The highest BCUT2D eigenvalue weighted by Gasteiger charge is 2.37. The lowest BCUT2D eigenvalue weighted by atomic mass is 9.90. The summed E-state index contributed by atoms with van der Waals surface area (Å²) in [7, 11) is -0.988. The van der Waals surface area contributed by atoms with Crippen LogP contribution in [0.1, 0.15) is 74.7 Å². The van der Waals surface area contributed by atoms with Gasteiger partial charge < -0.3 is 10.1 Å². The van der Waals surface area contributed by atoms with Crippen molar-refractivity contribution in [3.63, 3.8) is 0 Å². The molecule has 0 aromatic heterocycles. The van der Waals surface area contributed by atoms with Crippen molar-refractivity contribution >= 4 is 16.3 Å². The van der Waals surface area contributed by atoms with Crippen LogP contribution in [0.4, 0.5) is 3.89 Å². The summed E-state index contributed by atoms with van der Waals surface area (Å²) in [5, 5.41) is 2.83. The number of allylic oxidation sites excluding steroid dienone is 4. The fourth-order valence-electron chi connectivity index (χ4n) is 3.28. The number of carbonyl (C=O) groups is 1. The Balaban J connectivity index is 3.31. The van der Waals surface area contributed by atoms with Crippen LogP contribution in [0.25, 0.3) is 0 Å². The molecule has 162 valence electrons. The van der Waals surface area contributed by atoms with Gasteiger partial charge in [-0.1, -0.05) is 71.9 Å². The molecule has 1 atom stereocenters. The summed E-state index contributed by atoms with van der Waals surface area (Å²) in [5.41, 5.74) is 0.907. The molecule has 1 aliphatic rings. The maximum atomic E-state index is 16.2. The van der Waals surface area contributed by atoms with Crippen molar-refractivity contribution in [2.45, 2.75) is 85.2 Å². The minimum Gasteiger partial charge on any atom is -0.495 e. The lowest BCUT2D eigenvalue weighted by molar-refractivity contribution is -0.121. The van der Waals surface area contributed by atoms with Gasteiger partial charge in [-0.05, 0) is 30.3 Å². The zero-order chi connectivity index (χ0) is 21.7. The smallest absolute Gasteiger partial charge is 0.224 e. The zero-order valence-corrected chi connectivity index (χ0v) is 20.0. The molecule has 1 N–H and O–H groups in total. The van der Waals surface area contributed by atoms with E-state index in [1.54, 1.807) is 7.11 Å². The highest BCUT2D eigenvalue weighted by Crippen LogP contribution is 2.66. The molecule has 0 radical (unpaired) electrons. The van der Waals surface area contributed by atoms with Gasteiger partial charge in [0.15, 0.2) is 0 Å². The zero-order valence-electron chi connectivity index (χ0n) is 19.2. The molecule has 1 unspecified atom stereocenters. The van der Waals surface area contributed by atoms with Gasteiger partial charge in [-0.3, -0.25) is 4.79 Å². The molecule has 3 nitrogen and oxygen atoms in total. The average Bonchev–Trinajstić information content (AvgIpc) is 2.57. The highest BCUT2D eigenvalue weighted by molar-refractivity contribution is 8.33. The number of hydrogen-bond acceptors (Lipinski definition) is 2. The molecule has 0 fully saturated rings. The van der Waals surface area contributed by atoms with Crippen molar-refractivity contribution in [2.24, 2.45) is 11.3 Å². The van der Waals surface area contributed by atoms with Crippen molar-refractivity contribution in [3.8, 4) is 0 Å². The minimum atomic E-state index is -2.56. The molecule has 0 heterocycles. The van der Waals surface area contributed by atoms with Crippen LogP contribution in [0.15, 0.2) is 34.6 Å². The van der Waals surface area contributed by atoms with E-state index in [4.69, 9.17) is 4.74 Å². The molecule has 0 aliphatic heterocycles. The summed E-state index contributed by atoms with van der Waals surface area (Å²) >= 11 is 0. The highest BCUT2D eigenvalue weighted by atomic mass is 32.3. The molecule has 5 heteroatoms. The van der Waals surface area contributed by atoms with Crippen molar-refractivity contribution < 1.29 is 13.4 Å². The largest absolute Gasteiger partial charge is 0.495 e. The van der Waals surface area contributed by atoms with E-state index in [1.165, 1.54) is 0 Å². The van der Waals surface area contributed by atoms with Crippen LogP contribution < -0.4 is 5.32 Å². The van der Waals surface area contributed by atoms with E-state index < -0.39 is 10.4 Å². The van der Waals surface area contributed by atoms with Gasteiger partial charge in [-0.25, -0.2) is 0 Å². The summed E-state index contributed by atoms with van der Waals surface area (Å²) in [5.74, 6) is 0.652. The topological polar surface area (TPSA) is 38.3 Å². The molecule has 0 aromatic rings. The minimum absolute atomic E-state index is 0.00107. The van der Waals surface area contributed by atoms with E-state index in [9.17, 15) is 4.79 Å². The Labute approximate surface area is 173 Å². The molecule has 1 amide bonds. The fourth-order valence-corrected chi connectivity index (χ4v) is 6.14. The second kappa shape index (κ2) is 10.00. The maximum absolute atomic E-state index is 16.2. The van der Waals surface area contributed by atoms with Gasteiger partial charge in [0.1, 0.15) is 5.76 Å². The Morgan fingerprint density at radius 3 is 2.32 bits per heavy atom. The number of amides is 1. The van der Waals surface area contributed by atoms with Crippen LogP contribution in [-0.2, 0) is 9.53 Å². The number of ether oxygens (including phenoxy) is 1. The molecule has 1 aliphatic carbocycles. The van der Waals surface area contributed by atoms with Crippen molar-refractivity contribution in [1.29, 1.82) is 0 Å². The molecule has 0 saturated heterocycles. The monoisotopic (exact) mass is 413 g/mol. The van der Waals surface area contributed by atoms with Gasteiger partial charge in [0.05, 0.1) is 12.0 Å². The summed E-state index contributed by atoms with van der Waals surface area (Å²) in [6, 6.07) is 0. The third-order valence-corrected chi connectivity index (χ3v) is 8.89. The molecule has 1 rings (SSSR count). The molecular formula is C23H40FNO2S. The number of rotatable bonds is 7. The molecular weight excluding hydrogens is 373 g/mol. The van der Waals surface area contributed by atoms with Crippen LogP contribution in [0.2, 0.25) is 0 Å². The van der Waals surface area contributed by atoms with Crippen molar-refractivity contribution in [2.75, 3.05) is 7.11 Å². The Morgan fingerprint density at radius 2 is 1.86 bits per heavy atom. The number of methoxy groups -OCH3 is 1. The summed E-state index contributed by atoms with van der Waals surface area (Å²) in [6.07, 6.45) is 7.79. The van der Waals surface area contributed by atoms with Gasteiger partial charge >= 0.3 is 0 Å². The van der Waals surface area contributed by atoms with Gasteiger partial charge in [-0.2, -0.15) is 3.89 Å². The average molecular weight is 414 g/mol. The first-order valence-electron chi connectivity index (χ1n) is 10.3. The van der Waals surface area contributed by atoms with Crippen molar-refractivity contribution in [3.05, 3.63) is 34.6 Å². The fraction of sp³-hybridized carbons (Fsp3) is 0.696. The number of hydrogen-bond donors (Lipinski definition) is 1. The van der Waals surface area contributed by atoms with Gasteiger partial charge in [0.25, 0.3) is 0 Å². The Morgan fingerprint density at radius 1 is 1.29 bits per heavy atom. The van der Waals surface area contributed by atoms with Crippen molar-refractivity contribution in [1.82, 2.24) is 5.32 Å². The van der Waals surface area contributed by atoms with E-state index in [2.05, 4.69) is 33.0 Å². The molecule has 28 heavy (non-hydrogen) atoms. The first-order valence-corrected chi connectivity index (χ1v) is 12.0. The quantitative estimate of drug-likeness (QED) is 0.500. The van der Waals surface area contributed by atoms with Gasteiger partial charge in [0.2, 0.25) is 5.91 Å². The lowest BCUT2D eigenvalue weighted by Gasteiger charge is -2.40. The number of halogens is 1. The Bertz CT molecular complexity index is 633. The van der Waals surface area contributed by atoms with Gasteiger partial charge in [0, 0.05) is 28.7 Å². The molecule has 0 bridgehead atoms. The Hall–Kier alpha value is -1.23. The van der Waals surface area contributed by atoms with Crippen LogP contribution in [-0.4, -0.2) is 23.5 Å². The second-order valence-electron chi connectivity index (χ2n) is 9.40. The maximum Gasteiger partial charge on any atom is 0.224 e. The molecule has 0 spiro atoms. The standard InChI is InChI=1S/C23H40FNO2S/c1-16(2)28(24,17(3)4)21-12-10-11-18(5)19(15-20(21)27-9)25-22(26)13-14-23(6,7)8/h10,12,15-18H,11,13-14H2,1-9H3,(H,25,26)/b12-10+,19-15+,21-20-. The third kappa shape index (κ3) is 6.40. The summed E-state index contributed by atoms with van der Waals surface area (Å²) < 4.78 is 21.8. The third-order valence-electron chi connectivity index (χ3n) is 5.13. The first kappa shape index (κ1) is 24.8. The first-order chi connectivity index (χ1) is 12.8. The van der Waals surface area contributed by atoms with Gasteiger partial charge in [-0.15, -0.1) is 0 Å². The predicted octanol–water partition coefficient (Wildman–Crippen LogP) is 6.77. The summed E-state index contributed by atoms with van der Waals surface area (Å²) in [4.78, 5) is 13.1. The SMILES string of the molecule is COC1=C(S(F)(C(C)C)C(C)C)/C=C/CC(C)/C(NC(=O)CCC(C)(C)C)=C\1. The number of nitrogens with one attached hydrogen (secondary N) is 1. The molecule has 0 aromatic carbocycles. The molecule has 0 saturated carbocycles. The van der Waals surface area contributed by atoms with E-state index >= 15 is 3.89 Å². The van der Waals surface area contributed by atoms with E-state index in [-0.39, 0.29) is 27.7 Å². The Kier molecular flexibility index (Phi) is 8.86. The van der Waals surface area contributed by atoms with E-state index in [1.807, 2.05) is 45.9 Å². The van der Waals surface area contributed by atoms with Crippen LogP contribution in [0, 0.1) is 11.3 Å². The van der Waals surface area contributed by atoms with E-state index in [0.29, 0.717) is 17.1 Å². The van der Waals surface area contributed by atoms with Crippen LogP contribution in [0.5, 0.6) is 0 Å². The van der Waals surface area contributed by atoms with Crippen LogP contribution in [0.3, 0.4) is 0 Å². The number of carbonyl (C=O) groups excluding carboxylic acids is 1. The van der Waals surface area contributed by atoms with Crippen LogP contribution >= 0.6 is 10.4 Å². The second-order valence-corrected chi connectivity index (χ2v) is 13.0. The summed E-state index contributed by atoms with van der Waals surface area (Å²) in [6.45, 7) is 16.2.